The van der Waals surface area contributed by atoms with Crippen LogP contribution in [0, 0.1) is 18.3 Å². The topological polar surface area (TPSA) is 50.1 Å². The van der Waals surface area contributed by atoms with Crippen LogP contribution >= 0.6 is 15.9 Å². The van der Waals surface area contributed by atoms with E-state index in [1.54, 1.807) is 19.1 Å². The Hall–Kier alpha value is -1.34. The Labute approximate surface area is 103 Å². The molecule has 0 aliphatic heterocycles. The molecule has 0 amide bonds. The second-order valence-electron chi connectivity index (χ2n) is 3.29. The van der Waals surface area contributed by atoms with Gasteiger partial charge in [-0.15, -0.1) is 0 Å². The van der Waals surface area contributed by atoms with Gasteiger partial charge in [-0.25, -0.2) is 4.79 Å². The molecule has 0 aromatic heterocycles. The van der Waals surface area contributed by atoms with Crippen molar-refractivity contribution in [3.05, 3.63) is 34.4 Å². The molecule has 0 aliphatic rings. The Kier molecular flexibility index (Phi) is 4.51. The second-order valence-corrected chi connectivity index (χ2v) is 3.85. The van der Waals surface area contributed by atoms with Gasteiger partial charge in [-0.2, -0.15) is 5.26 Å². The van der Waals surface area contributed by atoms with Gasteiger partial charge in [-0.3, -0.25) is 0 Å². The van der Waals surface area contributed by atoms with Gasteiger partial charge in [0.15, 0.2) is 0 Å². The van der Waals surface area contributed by atoms with Crippen LogP contribution < -0.4 is 0 Å². The Morgan fingerprint density at radius 3 is 2.75 bits per heavy atom. The maximum Gasteiger partial charge on any atom is 0.338 e. The van der Waals surface area contributed by atoms with Crippen molar-refractivity contribution in [2.45, 2.75) is 19.2 Å². The van der Waals surface area contributed by atoms with Crippen LogP contribution in [0.4, 0.5) is 0 Å². The van der Waals surface area contributed by atoms with E-state index in [2.05, 4.69) is 22.0 Å². The van der Waals surface area contributed by atoms with Crippen molar-refractivity contribution in [3.8, 4) is 6.07 Å². The van der Waals surface area contributed by atoms with Crippen molar-refractivity contribution in [2.24, 2.45) is 0 Å². The van der Waals surface area contributed by atoms with Crippen molar-refractivity contribution in [3.63, 3.8) is 0 Å². The lowest BCUT2D eigenvalue weighted by atomic mass is 10.0. The number of benzene rings is 1. The first-order valence-corrected chi connectivity index (χ1v) is 6.02. The molecule has 0 heterocycles. The minimum Gasteiger partial charge on any atom is -0.462 e. The van der Waals surface area contributed by atoms with Crippen LogP contribution in [0.2, 0.25) is 0 Å². The van der Waals surface area contributed by atoms with Crippen molar-refractivity contribution < 1.29 is 9.53 Å². The van der Waals surface area contributed by atoms with Gasteiger partial charge in [0.2, 0.25) is 0 Å². The lowest BCUT2D eigenvalue weighted by Crippen LogP contribution is -2.06. The molecule has 1 rings (SSSR count). The maximum atomic E-state index is 11.5. The number of nitrogens with zero attached hydrogens (tertiary/aromatic N) is 1. The van der Waals surface area contributed by atoms with Crippen LogP contribution in [0.5, 0.6) is 0 Å². The van der Waals surface area contributed by atoms with Gasteiger partial charge in [0.05, 0.1) is 23.8 Å². The quantitative estimate of drug-likeness (QED) is 0.632. The Morgan fingerprint density at radius 2 is 2.25 bits per heavy atom. The van der Waals surface area contributed by atoms with E-state index in [1.807, 2.05) is 6.92 Å². The SMILES string of the molecule is CCOC(=O)c1cc(C)c(CBr)c(C#N)c1. The van der Waals surface area contributed by atoms with E-state index in [1.165, 1.54) is 0 Å². The smallest absolute Gasteiger partial charge is 0.338 e. The predicted octanol–water partition coefficient (Wildman–Crippen LogP) is 2.94. The zero-order valence-corrected chi connectivity index (χ0v) is 10.8. The number of alkyl halides is 1. The summed E-state index contributed by atoms with van der Waals surface area (Å²) in [5.74, 6) is -0.386. The summed E-state index contributed by atoms with van der Waals surface area (Å²) in [5.41, 5.74) is 2.77. The number of hydrogen-bond donors (Lipinski definition) is 0. The highest BCUT2D eigenvalue weighted by molar-refractivity contribution is 9.08. The third kappa shape index (κ3) is 2.61. The van der Waals surface area contributed by atoms with E-state index < -0.39 is 0 Å². The number of aryl methyl sites for hydroxylation is 1. The monoisotopic (exact) mass is 281 g/mol. The molecule has 0 aliphatic carbocycles. The van der Waals surface area contributed by atoms with Crippen LogP contribution in [0.1, 0.15) is 34.0 Å². The summed E-state index contributed by atoms with van der Waals surface area (Å²) in [5, 5.41) is 9.59. The van der Waals surface area contributed by atoms with Crippen molar-refractivity contribution in [2.75, 3.05) is 6.61 Å². The number of ether oxygens (including phenoxy) is 1. The van der Waals surface area contributed by atoms with Crippen molar-refractivity contribution in [1.82, 2.24) is 0 Å². The Morgan fingerprint density at radius 1 is 1.56 bits per heavy atom. The van der Waals surface area contributed by atoms with E-state index in [9.17, 15) is 4.79 Å². The Balaban J connectivity index is 3.21. The van der Waals surface area contributed by atoms with Crippen molar-refractivity contribution >= 4 is 21.9 Å². The second kappa shape index (κ2) is 5.66. The first-order valence-electron chi connectivity index (χ1n) is 4.90. The van der Waals surface area contributed by atoms with Crippen LogP contribution in [-0.4, -0.2) is 12.6 Å². The number of nitriles is 1. The summed E-state index contributed by atoms with van der Waals surface area (Å²) in [7, 11) is 0. The molecular weight excluding hydrogens is 270 g/mol. The fraction of sp³-hybridized carbons (Fsp3) is 0.333. The number of esters is 1. The molecule has 0 radical (unpaired) electrons. The minimum absolute atomic E-state index is 0.333. The molecule has 16 heavy (non-hydrogen) atoms. The average molecular weight is 282 g/mol. The molecule has 0 N–H and O–H groups in total. The van der Waals surface area contributed by atoms with Crippen molar-refractivity contribution in [1.29, 1.82) is 5.26 Å². The first-order chi connectivity index (χ1) is 7.63. The normalized spacial score (nSPS) is 9.62. The van der Waals surface area contributed by atoms with E-state index in [0.717, 1.165) is 11.1 Å². The third-order valence-electron chi connectivity index (χ3n) is 2.24. The highest BCUT2D eigenvalue weighted by atomic mass is 79.9. The molecule has 84 valence electrons. The number of rotatable bonds is 3. The fourth-order valence-electron chi connectivity index (χ4n) is 1.43. The zero-order chi connectivity index (χ0) is 12.1. The summed E-state index contributed by atoms with van der Waals surface area (Å²) in [4.78, 5) is 11.5. The lowest BCUT2D eigenvalue weighted by molar-refractivity contribution is 0.0526. The summed E-state index contributed by atoms with van der Waals surface area (Å²) < 4.78 is 4.90. The van der Waals surface area contributed by atoms with Gasteiger partial charge in [-0.1, -0.05) is 15.9 Å². The standard InChI is InChI=1S/C12H12BrNO2/c1-3-16-12(15)9-4-8(2)11(6-13)10(5-9)7-14/h4-5H,3,6H2,1-2H3. The molecule has 0 bridgehead atoms. The largest absolute Gasteiger partial charge is 0.462 e. The molecule has 0 spiro atoms. The van der Waals surface area contributed by atoms with Gasteiger partial charge in [0, 0.05) is 5.33 Å². The van der Waals surface area contributed by atoms with Gasteiger partial charge in [0.25, 0.3) is 0 Å². The predicted molar refractivity (Wildman–Crippen MR) is 64.5 cm³/mol. The maximum absolute atomic E-state index is 11.5. The third-order valence-corrected chi connectivity index (χ3v) is 2.80. The van der Waals surface area contributed by atoms with Crippen LogP contribution in [0.15, 0.2) is 12.1 Å². The first kappa shape index (κ1) is 12.7. The molecule has 0 fully saturated rings. The molecule has 1 aromatic carbocycles. The lowest BCUT2D eigenvalue weighted by Gasteiger charge is -2.08. The van der Waals surface area contributed by atoms with E-state index in [0.29, 0.717) is 23.1 Å². The van der Waals surface area contributed by atoms with Gasteiger partial charge in [-0.05, 0) is 37.1 Å². The van der Waals surface area contributed by atoms with E-state index >= 15 is 0 Å². The van der Waals surface area contributed by atoms with Crippen LogP contribution in [-0.2, 0) is 10.1 Å². The summed E-state index contributed by atoms with van der Waals surface area (Å²) in [6.45, 7) is 3.96. The number of hydrogen-bond acceptors (Lipinski definition) is 3. The molecule has 3 nitrogen and oxygen atoms in total. The van der Waals surface area contributed by atoms with Crippen LogP contribution in [0.25, 0.3) is 0 Å². The minimum atomic E-state index is -0.386. The highest BCUT2D eigenvalue weighted by Crippen LogP contribution is 2.20. The van der Waals surface area contributed by atoms with Crippen LogP contribution in [0.3, 0.4) is 0 Å². The number of carbonyl (C=O) groups is 1. The van der Waals surface area contributed by atoms with Gasteiger partial charge < -0.3 is 4.74 Å². The zero-order valence-electron chi connectivity index (χ0n) is 9.21. The highest BCUT2D eigenvalue weighted by Gasteiger charge is 2.12. The summed E-state index contributed by atoms with van der Waals surface area (Å²) in [6.07, 6.45) is 0. The van der Waals surface area contributed by atoms with E-state index in [4.69, 9.17) is 10.00 Å². The summed E-state index contributed by atoms with van der Waals surface area (Å²) in [6, 6.07) is 5.40. The molecule has 4 heteroatoms. The fourth-order valence-corrected chi connectivity index (χ4v) is 2.17. The molecule has 0 saturated carbocycles. The van der Waals surface area contributed by atoms with Gasteiger partial charge >= 0.3 is 5.97 Å². The average Bonchev–Trinajstić information content (AvgIpc) is 2.28. The molecule has 0 unspecified atom stereocenters. The molecule has 0 saturated heterocycles. The molecule has 0 atom stereocenters. The summed E-state index contributed by atoms with van der Waals surface area (Å²) >= 11 is 3.33. The van der Waals surface area contributed by atoms with Gasteiger partial charge in [0.1, 0.15) is 0 Å². The van der Waals surface area contributed by atoms with E-state index in [-0.39, 0.29) is 5.97 Å². The molecule has 1 aromatic rings. The number of carbonyl (C=O) groups excluding carboxylic acids is 1. The number of halogens is 1. The molecular formula is C12H12BrNO2. The Bertz CT molecular complexity index is 449.